The van der Waals surface area contributed by atoms with Crippen LogP contribution < -0.4 is 21.9 Å². The quantitative estimate of drug-likeness (QED) is 0.145. The summed E-state index contributed by atoms with van der Waals surface area (Å²) in [6.45, 7) is 1.59. The minimum atomic E-state index is -0.778. The summed E-state index contributed by atoms with van der Waals surface area (Å²) in [5.74, 6) is -0.0186. The summed E-state index contributed by atoms with van der Waals surface area (Å²) < 4.78 is 0. The minimum Gasteiger partial charge on any atom is -0.506 e. The minimum absolute atomic E-state index is 0.0186. The van der Waals surface area contributed by atoms with E-state index in [4.69, 9.17) is 5.73 Å². The van der Waals surface area contributed by atoms with Crippen molar-refractivity contribution in [3.8, 4) is 16.9 Å². The highest BCUT2D eigenvalue weighted by atomic mass is 16.3. The first-order valence-corrected chi connectivity index (χ1v) is 13.0. The molecule has 0 unspecified atom stereocenters. The smallest absolute Gasteiger partial charge is 0.248 e. The largest absolute Gasteiger partial charge is 0.506 e. The molecule has 39 heavy (non-hydrogen) atoms. The lowest BCUT2D eigenvalue weighted by Gasteiger charge is -2.15. The maximum Gasteiger partial charge on any atom is 0.248 e. The number of aromatic nitrogens is 1. The molecule has 0 radical (unpaired) electrons. The number of phenolic OH excluding ortho intramolecular Hbond substituents is 1. The van der Waals surface area contributed by atoms with Gasteiger partial charge in [-0.1, -0.05) is 54.6 Å². The Morgan fingerprint density at radius 3 is 2.36 bits per heavy atom. The maximum absolute atomic E-state index is 11.6. The SMILES string of the molecule is NCc1ccc(-c2cccc(Nc3ccc(CCNC[C@H](O)c4ccc(O)c5[nH]c(=O)ccc45)cc3)c2)cc1. The Morgan fingerprint density at radius 2 is 1.59 bits per heavy atom. The van der Waals surface area contributed by atoms with Crippen molar-refractivity contribution >= 4 is 22.3 Å². The molecule has 0 saturated heterocycles. The van der Waals surface area contributed by atoms with Gasteiger partial charge in [0.1, 0.15) is 5.75 Å². The van der Waals surface area contributed by atoms with Gasteiger partial charge in [0.15, 0.2) is 0 Å². The molecule has 0 saturated carbocycles. The molecule has 0 amide bonds. The number of aliphatic hydroxyl groups excluding tert-OH is 1. The lowest BCUT2D eigenvalue weighted by molar-refractivity contribution is 0.176. The molecular weight excluding hydrogens is 488 g/mol. The molecule has 1 atom stereocenters. The van der Waals surface area contributed by atoms with Crippen LogP contribution in [0.1, 0.15) is 22.8 Å². The number of hydrogen-bond acceptors (Lipinski definition) is 6. The molecule has 0 spiro atoms. The van der Waals surface area contributed by atoms with Gasteiger partial charge in [0, 0.05) is 35.9 Å². The molecule has 5 rings (SSSR count). The first-order chi connectivity index (χ1) is 19.0. The highest BCUT2D eigenvalue weighted by Crippen LogP contribution is 2.29. The molecule has 0 aliphatic heterocycles. The first kappa shape index (κ1) is 26.2. The van der Waals surface area contributed by atoms with Crippen molar-refractivity contribution in [2.75, 3.05) is 18.4 Å². The molecule has 4 aromatic carbocycles. The van der Waals surface area contributed by atoms with Gasteiger partial charge >= 0.3 is 0 Å². The lowest BCUT2D eigenvalue weighted by atomic mass is 10.0. The summed E-state index contributed by atoms with van der Waals surface area (Å²) in [5.41, 5.74) is 13.0. The highest BCUT2D eigenvalue weighted by Gasteiger charge is 2.13. The third-order valence-electron chi connectivity index (χ3n) is 6.82. The van der Waals surface area contributed by atoms with Gasteiger partial charge in [0.25, 0.3) is 0 Å². The second kappa shape index (κ2) is 12.0. The van der Waals surface area contributed by atoms with Crippen molar-refractivity contribution < 1.29 is 10.2 Å². The van der Waals surface area contributed by atoms with Gasteiger partial charge in [-0.25, -0.2) is 0 Å². The molecule has 1 aromatic heterocycles. The van der Waals surface area contributed by atoms with Crippen LogP contribution in [0.15, 0.2) is 102 Å². The van der Waals surface area contributed by atoms with Crippen molar-refractivity contribution in [1.82, 2.24) is 10.3 Å². The molecule has 198 valence electrons. The Hall–Kier alpha value is -4.43. The van der Waals surface area contributed by atoms with E-state index in [1.807, 2.05) is 6.07 Å². The summed E-state index contributed by atoms with van der Waals surface area (Å²) in [6.07, 6.45) is 0.0326. The number of nitrogens with two attached hydrogens (primary N) is 1. The molecule has 7 heteroatoms. The summed E-state index contributed by atoms with van der Waals surface area (Å²) in [5, 5.41) is 28.2. The number of fused-ring (bicyclic) bond motifs is 1. The van der Waals surface area contributed by atoms with Crippen molar-refractivity contribution in [3.05, 3.63) is 124 Å². The topological polar surface area (TPSA) is 123 Å². The molecule has 0 fully saturated rings. The van der Waals surface area contributed by atoms with Gasteiger partial charge in [-0.2, -0.15) is 0 Å². The average Bonchev–Trinajstić information content (AvgIpc) is 2.97. The molecule has 1 heterocycles. The van der Waals surface area contributed by atoms with E-state index in [-0.39, 0.29) is 11.3 Å². The fourth-order valence-corrected chi connectivity index (χ4v) is 4.66. The monoisotopic (exact) mass is 520 g/mol. The zero-order valence-corrected chi connectivity index (χ0v) is 21.5. The number of aromatic hydroxyl groups is 1. The number of aromatic amines is 1. The molecule has 7 nitrogen and oxygen atoms in total. The van der Waals surface area contributed by atoms with Crippen LogP contribution in [0.2, 0.25) is 0 Å². The summed E-state index contributed by atoms with van der Waals surface area (Å²) in [7, 11) is 0. The van der Waals surface area contributed by atoms with Gasteiger partial charge < -0.3 is 31.6 Å². The van der Waals surface area contributed by atoms with Crippen LogP contribution in [0, 0.1) is 0 Å². The number of rotatable bonds is 10. The Kier molecular flexibility index (Phi) is 8.03. The van der Waals surface area contributed by atoms with Crippen molar-refractivity contribution in [2.24, 2.45) is 5.73 Å². The predicted molar refractivity (Wildman–Crippen MR) is 157 cm³/mol. The summed E-state index contributed by atoms with van der Waals surface area (Å²) >= 11 is 0. The standard InChI is InChI=1S/C32H32N4O3/c33-19-22-4-8-23(9-5-22)24-2-1-3-26(18-24)35-25-10-6-21(7-11-25)16-17-34-20-30(38)27-12-14-29(37)32-28(27)13-15-31(39)36-32/h1-15,18,30,34-35,37-38H,16-17,19-20,33H2,(H,36,39)/t30-/m0/s1. The number of hydrogen-bond donors (Lipinski definition) is 6. The van der Waals surface area contributed by atoms with Crippen molar-refractivity contribution in [3.63, 3.8) is 0 Å². The number of H-pyrrole nitrogens is 1. The first-order valence-electron chi connectivity index (χ1n) is 13.0. The van der Waals surface area contributed by atoms with E-state index in [1.165, 1.54) is 17.7 Å². The van der Waals surface area contributed by atoms with E-state index < -0.39 is 6.10 Å². The van der Waals surface area contributed by atoms with Crippen LogP contribution in [0.25, 0.3) is 22.0 Å². The maximum atomic E-state index is 11.6. The van der Waals surface area contributed by atoms with Gasteiger partial charge in [0.05, 0.1) is 11.6 Å². The Balaban J connectivity index is 1.14. The number of benzene rings is 4. The number of pyridine rings is 1. The fourth-order valence-electron chi connectivity index (χ4n) is 4.66. The zero-order chi connectivity index (χ0) is 27.2. The third kappa shape index (κ3) is 6.35. The lowest BCUT2D eigenvalue weighted by Crippen LogP contribution is -2.24. The Labute approximate surface area is 227 Å². The van der Waals surface area contributed by atoms with E-state index in [1.54, 1.807) is 12.1 Å². The molecule has 0 bridgehead atoms. The van der Waals surface area contributed by atoms with Crippen LogP contribution in [0.3, 0.4) is 0 Å². The zero-order valence-electron chi connectivity index (χ0n) is 21.5. The second-order valence-electron chi connectivity index (χ2n) is 9.56. The number of phenols is 1. The van der Waals surface area contributed by atoms with Crippen LogP contribution >= 0.6 is 0 Å². The molecule has 0 aliphatic carbocycles. The summed E-state index contributed by atoms with van der Waals surface area (Å²) in [6, 6.07) is 31.1. The predicted octanol–water partition coefficient (Wildman–Crippen LogP) is 4.97. The van der Waals surface area contributed by atoms with Crippen LogP contribution in [0.4, 0.5) is 11.4 Å². The van der Waals surface area contributed by atoms with E-state index in [0.29, 0.717) is 36.1 Å². The molecular formula is C32H32N4O3. The number of nitrogens with one attached hydrogen (secondary N) is 3. The Bertz CT molecular complexity index is 1610. The Morgan fingerprint density at radius 1 is 0.821 bits per heavy atom. The normalized spacial score (nSPS) is 11.9. The van der Waals surface area contributed by atoms with Gasteiger partial charge in [-0.3, -0.25) is 4.79 Å². The molecule has 0 aliphatic rings. The van der Waals surface area contributed by atoms with Crippen molar-refractivity contribution in [2.45, 2.75) is 19.1 Å². The van der Waals surface area contributed by atoms with E-state index in [0.717, 1.165) is 34.5 Å². The van der Waals surface area contributed by atoms with Gasteiger partial charge in [-0.15, -0.1) is 0 Å². The molecule has 7 N–H and O–H groups in total. The van der Waals surface area contributed by atoms with Gasteiger partial charge in [-0.05, 0) is 77.2 Å². The van der Waals surface area contributed by atoms with Gasteiger partial charge in [0.2, 0.25) is 5.56 Å². The van der Waals surface area contributed by atoms with Crippen LogP contribution in [-0.4, -0.2) is 28.3 Å². The fraction of sp³-hybridized carbons (Fsp3) is 0.156. The summed E-state index contributed by atoms with van der Waals surface area (Å²) in [4.78, 5) is 14.2. The van der Waals surface area contributed by atoms with E-state index in [9.17, 15) is 15.0 Å². The molecule has 5 aromatic rings. The highest BCUT2D eigenvalue weighted by molar-refractivity contribution is 5.87. The number of aliphatic hydroxyl groups is 1. The average molecular weight is 521 g/mol. The van der Waals surface area contributed by atoms with E-state index in [2.05, 4.69) is 82.3 Å². The van der Waals surface area contributed by atoms with Crippen LogP contribution in [0.5, 0.6) is 5.75 Å². The van der Waals surface area contributed by atoms with Crippen LogP contribution in [-0.2, 0) is 13.0 Å². The van der Waals surface area contributed by atoms with E-state index >= 15 is 0 Å². The second-order valence-corrected chi connectivity index (χ2v) is 9.56. The number of anilines is 2. The van der Waals surface area contributed by atoms with Crippen molar-refractivity contribution in [1.29, 1.82) is 0 Å². The third-order valence-corrected chi connectivity index (χ3v) is 6.82.